The Labute approximate surface area is 87.3 Å². The van der Waals surface area contributed by atoms with E-state index in [1.165, 1.54) is 11.1 Å². The van der Waals surface area contributed by atoms with E-state index in [2.05, 4.69) is 45.0 Å². The van der Waals surface area contributed by atoms with E-state index in [9.17, 15) is 0 Å². The lowest BCUT2D eigenvalue weighted by molar-refractivity contribution is 0.666. The van der Waals surface area contributed by atoms with Crippen molar-refractivity contribution in [3.8, 4) is 0 Å². The zero-order chi connectivity index (χ0) is 10.6. The third-order valence-corrected chi connectivity index (χ3v) is 2.53. The first kappa shape index (κ1) is 11.3. The van der Waals surface area contributed by atoms with E-state index >= 15 is 0 Å². The number of hydrogen-bond donors (Lipinski definition) is 1. The summed E-state index contributed by atoms with van der Waals surface area (Å²) in [6.45, 7) is 6.50. The van der Waals surface area contributed by atoms with Crippen molar-refractivity contribution in [2.45, 2.75) is 45.6 Å². The fourth-order valence-electron chi connectivity index (χ4n) is 1.46. The van der Waals surface area contributed by atoms with Crippen LogP contribution in [0.3, 0.4) is 0 Å². The number of aryl methyl sites for hydroxylation is 1. The molecule has 1 aromatic carbocycles. The zero-order valence-electron chi connectivity index (χ0n) is 9.46. The molecule has 1 rings (SSSR count). The second-order valence-corrected chi connectivity index (χ2v) is 4.41. The number of nitrogens with two attached hydrogens (primary N) is 1. The lowest BCUT2D eigenvalue weighted by Crippen LogP contribution is -2.15. The van der Waals surface area contributed by atoms with Gasteiger partial charge in [0.1, 0.15) is 0 Å². The molecule has 2 N–H and O–H groups in total. The maximum absolute atomic E-state index is 5.72. The molecule has 0 aliphatic heterocycles. The van der Waals surface area contributed by atoms with Crippen LogP contribution in [0.2, 0.25) is 0 Å². The molecule has 0 aliphatic carbocycles. The van der Waals surface area contributed by atoms with Gasteiger partial charge < -0.3 is 5.73 Å². The van der Waals surface area contributed by atoms with Gasteiger partial charge in [-0.25, -0.2) is 0 Å². The maximum atomic E-state index is 5.72. The highest BCUT2D eigenvalue weighted by Crippen LogP contribution is 2.15. The van der Waals surface area contributed by atoms with Gasteiger partial charge in [0.05, 0.1) is 0 Å². The molecule has 1 atom stereocenters. The van der Waals surface area contributed by atoms with Crippen LogP contribution in [0.1, 0.15) is 44.2 Å². The van der Waals surface area contributed by atoms with Crippen LogP contribution < -0.4 is 5.73 Å². The monoisotopic (exact) mass is 191 g/mol. The van der Waals surface area contributed by atoms with Crippen molar-refractivity contribution < 1.29 is 0 Å². The molecule has 0 spiro atoms. The van der Waals surface area contributed by atoms with Gasteiger partial charge in [-0.05, 0) is 36.8 Å². The summed E-state index contributed by atoms with van der Waals surface area (Å²) in [6, 6.07) is 9.19. The average molecular weight is 191 g/mol. The Balaban J connectivity index is 2.55. The average Bonchev–Trinajstić information content (AvgIpc) is 2.15. The summed E-state index contributed by atoms with van der Waals surface area (Å²) < 4.78 is 0. The molecule has 0 bridgehead atoms. The highest BCUT2D eigenvalue weighted by atomic mass is 14.6. The summed E-state index contributed by atoms with van der Waals surface area (Å²) >= 11 is 0. The molecule has 1 nitrogen and oxygen atoms in total. The molecule has 0 radical (unpaired) electrons. The molecule has 0 aromatic heterocycles. The summed E-state index contributed by atoms with van der Waals surface area (Å²) in [5.41, 5.74) is 8.53. The summed E-state index contributed by atoms with van der Waals surface area (Å²) in [5.74, 6) is 0.623. The molecular weight excluding hydrogens is 170 g/mol. The third kappa shape index (κ3) is 3.51. The molecule has 0 saturated carbocycles. The van der Waals surface area contributed by atoms with E-state index in [0.29, 0.717) is 12.0 Å². The summed E-state index contributed by atoms with van der Waals surface area (Å²) in [7, 11) is 0. The van der Waals surface area contributed by atoms with Crippen LogP contribution in [0.4, 0.5) is 0 Å². The molecule has 0 saturated heterocycles. The molecule has 14 heavy (non-hydrogen) atoms. The van der Waals surface area contributed by atoms with Crippen LogP contribution in [-0.4, -0.2) is 6.04 Å². The van der Waals surface area contributed by atoms with Crippen molar-refractivity contribution in [1.82, 2.24) is 0 Å². The van der Waals surface area contributed by atoms with Crippen molar-refractivity contribution in [1.29, 1.82) is 0 Å². The minimum Gasteiger partial charge on any atom is -0.328 e. The second kappa shape index (κ2) is 5.16. The molecule has 0 unspecified atom stereocenters. The lowest BCUT2D eigenvalue weighted by atomic mass is 9.99. The Bertz CT molecular complexity index is 259. The number of rotatable bonds is 4. The quantitative estimate of drug-likeness (QED) is 0.777. The first-order valence-electron chi connectivity index (χ1n) is 5.44. The Kier molecular flexibility index (Phi) is 4.15. The van der Waals surface area contributed by atoms with Crippen LogP contribution in [0.25, 0.3) is 0 Å². The zero-order valence-corrected chi connectivity index (χ0v) is 9.46. The number of hydrogen-bond acceptors (Lipinski definition) is 1. The summed E-state index contributed by atoms with van der Waals surface area (Å²) in [5, 5.41) is 0. The predicted molar refractivity (Wildman–Crippen MR) is 62.5 cm³/mol. The van der Waals surface area contributed by atoms with E-state index in [4.69, 9.17) is 5.73 Å². The van der Waals surface area contributed by atoms with Crippen LogP contribution >= 0.6 is 0 Å². The molecule has 0 amide bonds. The van der Waals surface area contributed by atoms with Gasteiger partial charge in [-0.15, -0.1) is 0 Å². The first-order valence-corrected chi connectivity index (χ1v) is 5.44. The predicted octanol–water partition coefficient (Wildman–Crippen LogP) is 3.09. The van der Waals surface area contributed by atoms with E-state index in [1.54, 1.807) is 0 Å². The molecule has 0 fully saturated rings. The SMILES string of the molecule is CC(C)c1ccc(CC[C@@H](C)N)cc1. The Hall–Kier alpha value is -0.820. The second-order valence-electron chi connectivity index (χ2n) is 4.41. The largest absolute Gasteiger partial charge is 0.328 e. The van der Waals surface area contributed by atoms with Gasteiger partial charge >= 0.3 is 0 Å². The van der Waals surface area contributed by atoms with Crippen molar-refractivity contribution in [2.24, 2.45) is 5.73 Å². The van der Waals surface area contributed by atoms with Crippen LogP contribution in [0.15, 0.2) is 24.3 Å². The van der Waals surface area contributed by atoms with Crippen molar-refractivity contribution in [3.05, 3.63) is 35.4 Å². The molecule has 1 aromatic rings. The van der Waals surface area contributed by atoms with Crippen molar-refractivity contribution in [2.75, 3.05) is 0 Å². The third-order valence-electron chi connectivity index (χ3n) is 2.53. The minimum atomic E-state index is 0.305. The molecule has 78 valence electrons. The van der Waals surface area contributed by atoms with Gasteiger partial charge in [-0.1, -0.05) is 38.1 Å². The molecule has 0 heterocycles. The van der Waals surface area contributed by atoms with Gasteiger partial charge in [-0.3, -0.25) is 0 Å². The van der Waals surface area contributed by atoms with Gasteiger partial charge in [-0.2, -0.15) is 0 Å². The molecule has 1 heteroatoms. The topological polar surface area (TPSA) is 26.0 Å². The van der Waals surface area contributed by atoms with Crippen LogP contribution in [0, 0.1) is 0 Å². The van der Waals surface area contributed by atoms with Gasteiger partial charge in [0.25, 0.3) is 0 Å². The van der Waals surface area contributed by atoms with E-state index in [-0.39, 0.29) is 0 Å². The van der Waals surface area contributed by atoms with E-state index < -0.39 is 0 Å². The Morgan fingerprint density at radius 3 is 2.07 bits per heavy atom. The highest BCUT2D eigenvalue weighted by Gasteiger charge is 2.00. The highest BCUT2D eigenvalue weighted by molar-refractivity contribution is 5.24. The normalized spacial score (nSPS) is 13.2. The van der Waals surface area contributed by atoms with Gasteiger partial charge in [0, 0.05) is 6.04 Å². The Morgan fingerprint density at radius 2 is 1.64 bits per heavy atom. The summed E-state index contributed by atoms with van der Waals surface area (Å²) in [6.07, 6.45) is 2.16. The smallest absolute Gasteiger partial charge is 0.00136 e. The number of benzene rings is 1. The van der Waals surface area contributed by atoms with Crippen LogP contribution in [0.5, 0.6) is 0 Å². The minimum absolute atomic E-state index is 0.305. The van der Waals surface area contributed by atoms with Gasteiger partial charge in [0.2, 0.25) is 0 Å². The molecular formula is C13H21N. The fraction of sp³-hybridized carbons (Fsp3) is 0.538. The lowest BCUT2D eigenvalue weighted by Gasteiger charge is -2.08. The van der Waals surface area contributed by atoms with E-state index in [1.807, 2.05) is 0 Å². The van der Waals surface area contributed by atoms with Crippen molar-refractivity contribution in [3.63, 3.8) is 0 Å². The van der Waals surface area contributed by atoms with E-state index in [0.717, 1.165) is 12.8 Å². The summed E-state index contributed by atoms with van der Waals surface area (Å²) in [4.78, 5) is 0. The maximum Gasteiger partial charge on any atom is 0.00136 e. The standard InChI is InChI=1S/C13H21N/c1-10(2)13-8-6-12(7-9-13)5-4-11(3)14/h6-11H,4-5,14H2,1-3H3/t11-/m1/s1. The fourth-order valence-corrected chi connectivity index (χ4v) is 1.46. The van der Waals surface area contributed by atoms with Crippen LogP contribution in [-0.2, 0) is 6.42 Å². The van der Waals surface area contributed by atoms with Gasteiger partial charge in [0.15, 0.2) is 0 Å². The first-order chi connectivity index (χ1) is 6.59. The Morgan fingerprint density at radius 1 is 1.07 bits per heavy atom. The van der Waals surface area contributed by atoms with Crippen molar-refractivity contribution >= 4 is 0 Å². The molecule has 0 aliphatic rings.